The van der Waals surface area contributed by atoms with Gasteiger partial charge in [0.25, 0.3) is 0 Å². The van der Waals surface area contributed by atoms with E-state index in [1.54, 1.807) is 42.6 Å². The molecule has 10 heteroatoms. The van der Waals surface area contributed by atoms with Crippen molar-refractivity contribution in [2.45, 2.75) is 6.92 Å². The number of hydrogen-bond donors (Lipinski definition) is 3. The van der Waals surface area contributed by atoms with Gasteiger partial charge in [0.1, 0.15) is 17.2 Å². The van der Waals surface area contributed by atoms with E-state index in [0.717, 1.165) is 6.54 Å². The van der Waals surface area contributed by atoms with Gasteiger partial charge in [-0.05, 0) is 50.5 Å². The summed E-state index contributed by atoms with van der Waals surface area (Å²) >= 11 is 0. The number of nitrogens with one attached hydrogen (secondary N) is 3. The summed E-state index contributed by atoms with van der Waals surface area (Å²) in [6.45, 7) is 2.96. The highest BCUT2D eigenvalue weighted by Gasteiger charge is 2.14. The summed E-state index contributed by atoms with van der Waals surface area (Å²) in [6, 6.07) is 13.7. The third-order valence-electron chi connectivity index (χ3n) is 5.25. The number of H-pyrrole nitrogens is 1. The second kappa shape index (κ2) is 10.4. The van der Waals surface area contributed by atoms with Crippen LogP contribution in [-0.4, -0.2) is 60.0 Å². The number of anilines is 4. The Morgan fingerprint density at radius 2 is 1.89 bits per heavy atom. The Bertz CT molecular complexity index is 1340. The quantitative estimate of drug-likeness (QED) is 0.324. The summed E-state index contributed by atoms with van der Waals surface area (Å²) in [5, 5.41) is 6.47. The van der Waals surface area contributed by atoms with Gasteiger partial charge in [0, 0.05) is 50.7 Å². The predicted molar refractivity (Wildman–Crippen MR) is 136 cm³/mol. The Morgan fingerprint density at radius 3 is 2.63 bits per heavy atom. The van der Waals surface area contributed by atoms with Gasteiger partial charge < -0.3 is 30.2 Å². The van der Waals surface area contributed by atoms with Gasteiger partial charge in [0.15, 0.2) is 0 Å². The number of likely N-dealkylation sites (N-methyl/N-ethyl adjacent to an activating group) is 2. The summed E-state index contributed by atoms with van der Waals surface area (Å²) in [7, 11) is 5.83. The van der Waals surface area contributed by atoms with Crippen molar-refractivity contribution in [3.63, 3.8) is 0 Å². The van der Waals surface area contributed by atoms with E-state index in [9.17, 15) is 9.18 Å². The number of rotatable bonds is 9. The molecular weight excluding hydrogens is 449 g/mol. The lowest BCUT2D eigenvalue weighted by Crippen LogP contribution is -2.29. The van der Waals surface area contributed by atoms with Crippen LogP contribution in [0.2, 0.25) is 0 Å². The maximum atomic E-state index is 14.8. The number of carbonyl (C=O) groups is 1. The molecular formula is C25H28FN7O2. The lowest BCUT2D eigenvalue weighted by atomic mass is 10.2. The third kappa shape index (κ3) is 6.04. The lowest BCUT2D eigenvalue weighted by Gasteiger charge is -2.22. The first-order valence-electron chi connectivity index (χ1n) is 11.1. The fraction of sp³-hybridized carbons (Fsp3) is 0.240. The monoisotopic (exact) mass is 477 g/mol. The van der Waals surface area contributed by atoms with Crippen LogP contribution in [0, 0.1) is 5.82 Å². The fourth-order valence-electron chi connectivity index (χ4n) is 3.49. The van der Waals surface area contributed by atoms with Crippen molar-refractivity contribution < 1.29 is 13.9 Å². The van der Waals surface area contributed by atoms with Crippen LogP contribution in [0.4, 0.5) is 27.4 Å². The molecule has 182 valence electrons. The molecule has 0 spiro atoms. The van der Waals surface area contributed by atoms with Gasteiger partial charge in [-0.3, -0.25) is 4.79 Å². The molecule has 1 amide bonds. The number of hydrogen-bond acceptors (Lipinski definition) is 7. The average Bonchev–Trinajstić information content (AvgIpc) is 3.26. The van der Waals surface area contributed by atoms with Crippen molar-refractivity contribution >= 4 is 40.0 Å². The second-order valence-electron chi connectivity index (χ2n) is 8.42. The highest BCUT2D eigenvalue weighted by atomic mass is 19.1. The summed E-state index contributed by atoms with van der Waals surface area (Å²) in [4.78, 5) is 27.3. The molecule has 0 fully saturated rings. The Hall–Kier alpha value is -4.18. The number of nitrogens with zero attached hydrogens (tertiary/aromatic N) is 4. The zero-order valence-electron chi connectivity index (χ0n) is 20.1. The van der Waals surface area contributed by atoms with Crippen LogP contribution in [-0.2, 0) is 4.79 Å². The molecule has 2 aromatic heterocycles. The number of benzene rings is 2. The fourth-order valence-corrected chi connectivity index (χ4v) is 3.49. The standard InChI is InChI=1S/C25H28FN7O2/c1-16(34)28-17-6-5-7-19(14-17)35-24-20-10-11-27-23(20)30-25(31-24)29-18-8-9-22(21(26)15-18)33(4)13-12-32(2)3/h5-11,14-15H,12-13H2,1-4H3,(H,28,34)(H2,27,29,30,31). The van der Waals surface area contributed by atoms with Gasteiger partial charge in [-0.2, -0.15) is 9.97 Å². The number of amides is 1. The number of halogens is 1. The molecule has 0 saturated carbocycles. The molecule has 0 saturated heterocycles. The van der Waals surface area contributed by atoms with Gasteiger partial charge in [-0.1, -0.05) is 6.07 Å². The van der Waals surface area contributed by atoms with E-state index < -0.39 is 0 Å². The Morgan fingerprint density at radius 1 is 1.06 bits per heavy atom. The van der Waals surface area contributed by atoms with Crippen LogP contribution in [0.3, 0.4) is 0 Å². The smallest absolute Gasteiger partial charge is 0.233 e. The molecule has 4 aromatic rings. The molecule has 0 bridgehead atoms. The molecule has 2 heterocycles. The Labute approximate surface area is 202 Å². The maximum absolute atomic E-state index is 14.8. The summed E-state index contributed by atoms with van der Waals surface area (Å²) in [5.41, 5.74) is 2.20. The number of aromatic nitrogens is 3. The lowest BCUT2D eigenvalue weighted by molar-refractivity contribution is -0.114. The van der Waals surface area contributed by atoms with Crippen molar-refractivity contribution in [2.24, 2.45) is 0 Å². The number of fused-ring (bicyclic) bond motifs is 1. The van der Waals surface area contributed by atoms with E-state index in [1.165, 1.54) is 13.0 Å². The molecule has 0 atom stereocenters. The summed E-state index contributed by atoms with van der Waals surface area (Å²) < 4.78 is 20.9. The van der Waals surface area contributed by atoms with Crippen molar-refractivity contribution in [3.05, 3.63) is 60.5 Å². The highest BCUT2D eigenvalue weighted by molar-refractivity contribution is 5.89. The van der Waals surface area contributed by atoms with Gasteiger partial charge in [-0.25, -0.2) is 4.39 Å². The van der Waals surface area contributed by atoms with Crippen LogP contribution >= 0.6 is 0 Å². The van der Waals surface area contributed by atoms with E-state index in [1.807, 2.05) is 37.0 Å². The molecule has 0 radical (unpaired) electrons. The first kappa shape index (κ1) is 24.0. The summed E-state index contributed by atoms with van der Waals surface area (Å²) in [6.07, 6.45) is 1.74. The number of aromatic amines is 1. The Kier molecular flexibility index (Phi) is 7.11. The van der Waals surface area contributed by atoms with Crippen molar-refractivity contribution in [1.29, 1.82) is 0 Å². The van der Waals surface area contributed by atoms with Crippen molar-refractivity contribution in [2.75, 3.05) is 49.8 Å². The molecule has 0 unspecified atom stereocenters. The van der Waals surface area contributed by atoms with Gasteiger partial charge in [0.2, 0.25) is 17.7 Å². The van der Waals surface area contributed by atoms with E-state index in [-0.39, 0.29) is 17.7 Å². The second-order valence-corrected chi connectivity index (χ2v) is 8.42. The maximum Gasteiger partial charge on any atom is 0.233 e. The van der Waals surface area contributed by atoms with Crippen molar-refractivity contribution in [3.8, 4) is 11.6 Å². The highest BCUT2D eigenvalue weighted by Crippen LogP contribution is 2.31. The molecule has 0 aliphatic heterocycles. The average molecular weight is 478 g/mol. The van der Waals surface area contributed by atoms with E-state index in [0.29, 0.717) is 46.3 Å². The van der Waals surface area contributed by atoms with Crippen LogP contribution in [0.25, 0.3) is 11.0 Å². The van der Waals surface area contributed by atoms with Gasteiger partial charge in [0.05, 0.1) is 11.1 Å². The number of carbonyl (C=O) groups excluding carboxylic acids is 1. The van der Waals surface area contributed by atoms with Gasteiger partial charge >= 0.3 is 0 Å². The van der Waals surface area contributed by atoms with Crippen LogP contribution < -0.4 is 20.3 Å². The summed E-state index contributed by atoms with van der Waals surface area (Å²) in [5.74, 6) is 0.550. The van der Waals surface area contributed by atoms with Crippen LogP contribution in [0.15, 0.2) is 54.7 Å². The zero-order valence-corrected chi connectivity index (χ0v) is 20.1. The van der Waals surface area contributed by atoms with Crippen LogP contribution in [0.5, 0.6) is 11.6 Å². The molecule has 35 heavy (non-hydrogen) atoms. The van der Waals surface area contributed by atoms with Crippen LogP contribution in [0.1, 0.15) is 6.92 Å². The van der Waals surface area contributed by atoms with Gasteiger partial charge in [-0.15, -0.1) is 0 Å². The molecule has 3 N–H and O–H groups in total. The molecule has 4 rings (SSSR count). The molecule has 2 aromatic carbocycles. The first-order valence-corrected chi connectivity index (χ1v) is 11.1. The number of ether oxygens (including phenoxy) is 1. The minimum Gasteiger partial charge on any atom is -0.438 e. The molecule has 0 aliphatic carbocycles. The van der Waals surface area contributed by atoms with E-state index in [2.05, 4.69) is 25.6 Å². The van der Waals surface area contributed by atoms with E-state index >= 15 is 0 Å². The largest absolute Gasteiger partial charge is 0.438 e. The molecule has 9 nitrogen and oxygen atoms in total. The predicted octanol–water partition coefficient (Wildman–Crippen LogP) is 4.59. The van der Waals surface area contributed by atoms with Crippen molar-refractivity contribution in [1.82, 2.24) is 19.9 Å². The Balaban J connectivity index is 1.56. The molecule has 0 aliphatic rings. The zero-order chi connectivity index (χ0) is 24.9. The van der Waals surface area contributed by atoms with E-state index in [4.69, 9.17) is 4.74 Å². The minimum absolute atomic E-state index is 0.175. The topological polar surface area (TPSA) is 98.4 Å². The minimum atomic E-state index is -0.344. The first-order chi connectivity index (χ1) is 16.8. The normalized spacial score (nSPS) is 11.0. The third-order valence-corrected chi connectivity index (χ3v) is 5.25. The SMILES string of the molecule is CC(=O)Nc1cccc(Oc2nc(Nc3ccc(N(C)CCN(C)C)c(F)c3)nc3[nH]ccc23)c1.